The molecule has 1 atom stereocenters. The number of hydrogen-bond acceptors (Lipinski definition) is 6. The lowest BCUT2D eigenvalue weighted by Gasteiger charge is -2.26. The number of carbonyl (C=O) groups excluding carboxylic acids is 2. The molecule has 168 valence electrons. The van der Waals surface area contributed by atoms with Gasteiger partial charge in [-0.25, -0.2) is 0 Å². The van der Waals surface area contributed by atoms with E-state index in [0.717, 1.165) is 17.0 Å². The molecule has 0 radical (unpaired) electrons. The monoisotopic (exact) mass is 463 g/mol. The highest BCUT2D eigenvalue weighted by Crippen LogP contribution is 2.44. The minimum atomic E-state index is -0.513. The third-order valence-corrected chi connectivity index (χ3v) is 6.30. The number of carbonyl (C=O) groups is 2. The zero-order valence-corrected chi connectivity index (χ0v) is 18.6. The highest BCUT2D eigenvalue weighted by molar-refractivity contribution is 8.00. The van der Waals surface area contributed by atoms with E-state index >= 15 is 0 Å². The predicted molar refractivity (Wildman–Crippen MR) is 128 cm³/mol. The van der Waals surface area contributed by atoms with Gasteiger partial charge in [0.2, 0.25) is 5.91 Å². The minimum absolute atomic E-state index is 0.0225. The van der Waals surface area contributed by atoms with E-state index < -0.39 is 4.92 Å². The molecule has 33 heavy (non-hydrogen) atoms. The van der Waals surface area contributed by atoms with Crippen LogP contribution in [0.2, 0.25) is 0 Å². The van der Waals surface area contributed by atoms with E-state index in [1.165, 1.54) is 36.0 Å². The van der Waals surface area contributed by atoms with Gasteiger partial charge in [0.15, 0.2) is 0 Å². The number of hydrogen-bond donors (Lipinski definition) is 1. The second-order valence-electron chi connectivity index (χ2n) is 7.20. The molecule has 0 saturated carbocycles. The number of amides is 2. The van der Waals surface area contributed by atoms with Crippen LogP contribution in [0.25, 0.3) is 0 Å². The summed E-state index contributed by atoms with van der Waals surface area (Å²) in [5, 5.41) is 13.4. The van der Waals surface area contributed by atoms with E-state index in [9.17, 15) is 19.7 Å². The summed E-state index contributed by atoms with van der Waals surface area (Å²) in [5.74, 6) is 0.639. The van der Waals surface area contributed by atoms with Crippen molar-refractivity contribution in [2.45, 2.75) is 12.3 Å². The van der Waals surface area contributed by atoms with Crippen LogP contribution in [0.1, 0.15) is 28.2 Å². The van der Waals surface area contributed by atoms with Crippen LogP contribution in [0.4, 0.5) is 17.1 Å². The SMILES string of the molecule is CCOc1ccc(N2C(=O)CSC2c2ccccc2NC(=O)c2ccc([N+](=O)[O-])cc2)cc1. The molecule has 1 aliphatic rings. The number of benzene rings is 3. The van der Waals surface area contributed by atoms with Crippen LogP contribution in [-0.4, -0.2) is 29.1 Å². The molecule has 1 unspecified atom stereocenters. The van der Waals surface area contributed by atoms with Crippen LogP contribution in [0, 0.1) is 10.1 Å². The lowest BCUT2D eigenvalue weighted by Crippen LogP contribution is -2.28. The summed E-state index contributed by atoms with van der Waals surface area (Å²) in [6.45, 7) is 2.47. The van der Waals surface area contributed by atoms with Crippen molar-refractivity contribution in [2.24, 2.45) is 0 Å². The molecular formula is C24H21N3O5S. The molecule has 0 spiro atoms. The normalized spacial score (nSPS) is 15.4. The molecule has 1 N–H and O–H groups in total. The van der Waals surface area contributed by atoms with Gasteiger partial charge in [0, 0.05) is 34.6 Å². The maximum Gasteiger partial charge on any atom is 0.269 e. The summed E-state index contributed by atoms with van der Waals surface area (Å²) < 4.78 is 5.49. The number of nitrogens with one attached hydrogen (secondary N) is 1. The molecule has 1 fully saturated rings. The Bertz CT molecular complexity index is 1180. The van der Waals surface area contributed by atoms with Crippen LogP contribution in [0.5, 0.6) is 5.75 Å². The number of nitro benzene ring substituents is 1. The van der Waals surface area contributed by atoms with Crippen molar-refractivity contribution in [2.75, 3.05) is 22.6 Å². The van der Waals surface area contributed by atoms with E-state index in [1.54, 1.807) is 17.0 Å². The molecule has 3 aromatic rings. The van der Waals surface area contributed by atoms with Crippen molar-refractivity contribution in [3.05, 3.63) is 94.0 Å². The maximum absolute atomic E-state index is 12.8. The Kier molecular flexibility index (Phi) is 6.60. The Hall–Kier alpha value is -3.85. The van der Waals surface area contributed by atoms with Gasteiger partial charge in [-0.05, 0) is 49.4 Å². The highest BCUT2D eigenvalue weighted by atomic mass is 32.2. The molecule has 1 heterocycles. The molecule has 0 aliphatic carbocycles. The predicted octanol–water partition coefficient (Wildman–Crippen LogP) is 5.02. The fourth-order valence-corrected chi connectivity index (χ4v) is 4.77. The summed E-state index contributed by atoms with van der Waals surface area (Å²) in [6, 6.07) is 20.1. The van der Waals surface area contributed by atoms with Gasteiger partial charge in [-0.15, -0.1) is 11.8 Å². The van der Waals surface area contributed by atoms with Crippen molar-refractivity contribution >= 4 is 40.6 Å². The Morgan fingerprint density at radius 2 is 1.82 bits per heavy atom. The number of rotatable bonds is 7. The summed E-state index contributed by atoms with van der Waals surface area (Å²) in [7, 11) is 0. The van der Waals surface area contributed by atoms with Crippen LogP contribution < -0.4 is 15.0 Å². The first-order valence-electron chi connectivity index (χ1n) is 10.3. The molecular weight excluding hydrogens is 442 g/mol. The first-order valence-corrected chi connectivity index (χ1v) is 11.3. The molecule has 0 aromatic heterocycles. The van der Waals surface area contributed by atoms with Crippen LogP contribution in [-0.2, 0) is 4.79 Å². The van der Waals surface area contributed by atoms with E-state index in [0.29, 0.717) is 23.6 Å². The smallest absolute Gasteiger partial charge is 0.269 e. The maximum atomic E-state index is 12.8. The summed E-state index contributed by atoms with van der Waals surface area (Å²) in [6.07, 6.45) is 0. The summed E-state index contributed by atoms with van der Waals surface area (Å²) >= 11 is 1.48. The molecule has 4 rings (SSSR count). The number of ether oxygens (including phenoxy) is 1. The molecule has 0 bridgehead atoms. The van der Waals surface area contributed by atoms with Gasteiger partial charge < -0.3 is 10.1 Å². The standard InChI is InChI=1S/C24H21N3O5S/c1-2-32-19-13-11-17(12-14-19)26-22(28)15-33-24(26)20-5-3-4-6-21(20)25-23(29)16-7-9-18(10-8-16)27(30)31/h3-14,24H,2,15H2,1H3,(H,25,29). The Morgan fingerprint density at radius 3 is 2.48 bits per heavy atom. The molecule has 1 aliphatic heterocycles. The van der Waals surface area contributed by atoms with Crippen molar-refractivity contribution < 1.29 is 19.2 Å². The largest absolute Gasteiger partial charge is 0.494 e. The third kappa shape index (κ3) is 4.83. The second-order valence-corrected chi connectivity index (χ2v) is 8.27. The first-order chi connectivity index (χ1) is 16.0. The van der Waals surface area contributed by atoms with Crippen LogP contribution in [0.3, 0.4) is 0 Å². The fraction of sp³-hybridized carbons (Fsp3) is 0.167. The summed E-state index contributed by atoms with van der Waals surface area (Å²) in [4.78, 5) is 37.6. The van der Waals surface area contributed by atoms with E-state index in [4.69, 9.17) is 4.74 Å². The van der Waals surface area contributed by atoms with Gasteiger partial charge in [0.1, 0.15) is 11.1 Å². The van der Waals surface area contributed by atoms with Gasteiger partial charge in [0.25, 0.3) is 11.6 Å². The average Bonchev–Trinajstić information content (AvgIpc) is 3.21. The number of nitrogens with zero attached hydrogens (tertiary/aromatic N) is 2. The molecule has 1 saturated heterocycles. The lowest BCUT2D eigenvalue weighted by molar-refractivity contribution is -0.384. The second kappa shape index (κ2) is 9.74. The molecule has 3 aromatic carbocycles. The average molecular weight is 464 g/mol. The number of nitro groups is 1. The van der Waals surface area contributed by atoms with E-state index in [2.05, 4.69) is 5.32 Å². The van der Waals surface area contributed by atoms with Crippen molar-refractivity contribution in [1.29, 1.82) is 0 Å². The van der Waals surface area contributed by atoms with Crippen LogP contribution in [0.15, 0.2) is 72.8 Å². The molecule has 8 nitrogen and oxygen atoms in total. The van der Waals surface area contributed by atoms with Gasteiger partial charge in [-0.1, -0.05) is 18.2 Å². The van der Waals surface area contributed by atoms with E-state index in [1.807, 2.05) is 43.3 Å². The molecule has 9 heteroatoms. The lowest BCUT2D eigenvalue weighted by atomic mass is 10.1. The number of anilines is 2. The first kappa shape index (κ1) is 22.3. The number of thioether (sulfide) groups is 1. The fourth-order valence-electron chi connectivity index (χ4n) is 3.56. The van der Waals surface area contributed by atoms with Gasteiger partial charge in [-0.3, -0.25) is 24.6 Å². The minimum Gasteiger partial charge on any atom is -0.494 e. The Morgan fingerprint density at radius 1 is 1.12 bits per heavy atom. The van der Waals surface area contributed by atoms with Crippen molar-refractivity contribution in [1.82, 2.24) is 0 Å². The quantitative estimate of drug-likeness (QED) is 0.390. The zero-order chi connectivity index (χ0) is 23.4. The van der Waals surface area contributed by atoms with Gasteiger partial charge in [0.05, 0.1) is 17.3 Å². The van der Waals surface area contributed by atoms with Crippen molar-refractivity contribution in [3.63, 3.8) is 0 Å². The Balaban J connectivity index is 1.59. The number of para-hydroxylation sites is 1. The van der Waals surface area contributed by atoms with Gasteiger partial charge >= 0.3 is 0 Å². The third-order valence-electron chi connectivity index (χ3n) is 5.11. The van der Waals surface area contributed by atoms with Gasteiger partial charge in [-0.2, -0.15) is 0 Å². The van der Waals surface area contributed by atoms with Crippen molar-refractivity contribution in [3.8, 4) is 5.75 Å². The highest BCUT2D eigenvalue weighted by Gasteiger charge is 2.35. The summed E-state index contributed by atoms with van der Waals surface area (Å²) in [5.41, 5.74) is 2.32. The van der Waals surface area contributed by atoms with Crippen LogP contribution >= 0.6 is 11.8 Å². The zero-order valence-electron chi connectivity index (χ0n) is 17.8. The molecule has 2 amide bonds. The topological polar surface area (TPSA) is 102 Å². The Labute approximate surface area is 194 Å². The van der Waals surface area contributed by atoms with E-state index in [-0.39, 0.29) is 22.9 Å². The number of non-ortho nitro benzene ring substituents is 1.